The van der Waals surface area contributed by atoms with Gasteiger partial charge in [-0.05, 0) is 44.2 Å². The monoisotopic (exact) mass is 411 g/mol. The number of carbonyl (C=O) groups is 1. The van der Waals surface area contributed by atoms with Crippen LogP contribution in [0.4, 0.5) is 5.69 Å². The number of hydrogen-bond donors (Lipinski definition) is 0. The fourth-order valence-corrected chi connectivity index (χ4v) is 5.00. The Balaban J connectivity index is 1.74. The molecule has 1 aliphatic carbocycles. The van der Waals surface area contributed by atoms with E-state index < -0.39 is 0 Å². The SMILES string of the molecule is Cc1c(N2C(=O)/C(=C\[C@@H]3CC=CCC3)SC2=S)c(=O)n(-c2ccccc2)n1C. The average molecular weight is 412 g/mol. The molecule has 0 N–H and O–H groups in total. The molecule has 0 radical (unpaired) electrons. The predicted octanol–water partition coefficient (Wildman–Crippen LogP) is 4.09. The quantitative estimate of drug-likeness (QED) is 0.434. The van der Waals surface area contributed by atoms with E-state index in [0.29, 0.717) is 26.5 Å². The van der Waals surface area contributed by atoms with Crippen LogP contribution in [0, 0.1) is 12.8 Å². The van der Waals surface area contributed by atoms with Crippen LogP contribution >= 0.6 is 24.0 Å². The average Bonchev–Trinajstić information content (AvgIpc) is 3.09. The van der Waals surface area contributed by atoms with Crippen LogP contribution in [0.25, 0.3) is 5.69 Å². The first-order chi connectivity index (χ1) is 13.5. The van der Waals surface area contributed by atoms with Crippen molar-refractivity contribution in [1.29, 1.82) is 0 Å². The summed E-state index contributed by atoms with van der Waals surface area (Å²) in [5.41, 5.74) is 1.54. The van der Waals surface area contributed by atoms with Crippen molar-refractivity contribution in [3.05, 3.63) is 69.5 Å². The molecular formula is C21H21N3O2S2. The summed E-state index contributed by atoms with van der Waals surface area (Å²) in [6.07, 6.45) is 9.36. The minimum Gasteiger partial charge on any atom is -0.283 e. The summed E-state index contributed by atoms with van der Waals surface area (Å²) in [5.74, 6) is 0.146. The van der Waals surface area contributed by atoms with E-state index in [1.54, 1.807) is 9.36 Å². The number of anilines is 1. The fraction of sp³-hybridized carbons (Fsp3) is 0.286. The Labute approximate surface area is 173 Å². The standard InChI is InChI=1S/C21H21N3O2S2/c1-14-18(20(26)24(22(14)2)16-11-7-4-8-12-16)23-19(25)17(28-21(23)27)13-15-9-5-3-6-10-15/h3-5,7-8,11-13,15H,6,9-10H2,1-2H3/b17-13+/t15-/m1/s1. The van der Waals surface area contributed by atoms with Crippen LogP contribution in [0.1, 0.15) is 25.0 Å². The zero-order valence-corrected chi connectivity index (χ0v) is 17.4. The molecule has 1 saturated heterocycles. The van der Waals surface area contributed by atoms with Crippen molar-refractivity contribution in [3.63, 3.8) is 0 Å². The maximum atomic E-state index is 13.2. The van der Waals surface area contributed by atoms with Gasteiger partial charge in [0.1, 0.15) is 5.69 Å². The number of hydrogen-bond acceptors (Lipinski definition) is 4. The van der Waals surface area contributed by atoms with Gasteiger partial charge in [-0.15, -0.1) is 0 Å². The summed E-state index contributed by atoms with van der Waals surface area (Å²) < 4.78 is 3.74. The molecule has 2 aromatic rings. The van der Waals surface area contributed by atoms with Gasteiger partial charge < -0.3 is 0 Å². The minimum atomic E-state index is -0.246. The highest BCUT2D eigenvalue weighted by molar-refractivity contribution is 8.27. The molecule has 2 aliphatic rings. The number of thiocarbonyl (C=S) groups is 1. The van der Waals surface area contributed by atoms with Gasteiger partial charge in [-0.1, -0.05) is 60.4 Å². The van der Waals surface area contributed by atoms with E-state index in [2.05, 4.69) is 12.2 Å². The number of benzene rings is 1. The van der Waals surface area contributed by atoms with Gasteiger partial charge in [-0.2, -0.15) is 0 Å². The van der Waals surface area contributed by atoms with E-state index >= 15 is 0 Å². The van der Waals surface area contributed by atoms with Gasteiger partial charge in [0.2, 0.25) is 0 Å². The molecule has 7 heteroatoms. The van der Waals surface area contributed by atoms with E-state index in [1.807, 2.05) is 50.4 Å². The second-order valence-corrected chi connectivity index (χ2v) is 8.67. The molecule has 0 spiro atoms. The van der Waals surface area contributed by atoms with Crippen LogP contribution < -0.4 is 10.5 Å². The van der Waals surface area contributed by atoms with Crippen LogP contribution in [-0.4, -0.2) is 19.6 Å². The number of aromatic nitrogens is 2. The lowest BCUT2D eigenvalue weighted by Gasteiger charge is -2.14. The number of allylic oxidation sites excluding steroid dienone is 3. The van der Waals surface area contributed by atoms with Crippen LogP contribution in [0.3, 0.4) is 0 Å². The van der Waals surface area contributed by atoms with E-state index in [0.717, 1.165) is 24.9 Å². The molecule has 1 amide bonds. The molecule has 1 aliphatic heterocycles. The van der Waals surface area contributed by atoms with Crippen LogP contribution in [0.15, 0.2) is 58.3 Å². The Morgan fingerprint density at radius 3 is 2.61 bits per heavy atom. The lowest BCUT2D eigenvalue weighted by molar-refractivity contribution is -0.113. The number of nitrogens with zero attached hydrogens (tertiary/aromatic N) is 3. The normalized spacial score (nSPS) is 21.1. The van der Waals surface area contributed by atoms with Crippen LogP contribution in [0.5, 0.6) is 0 Å². The molecule has 5 nitrogen and oxygen atoms in total. The fourth-order valence-electron chi connectivity index (χ4n) is 3.67. The number of para-hydroxylation sites is 1. The van der Waals surface area contributed by atoms with Crippen molar-refractivity contribution < 1.29 is 4.79 Å². The first-order valence-electron chi connectivity index (χ1n) is 9.26. The van der Waals surface area contributed by atoms with Crippen molar-refractivity contribution in [2.45, 2.75) is 26.2 Å². The third kappa shape index (κ3) is 3.18. The lowest BCUT2D eigenvalue weighted by Crippen LogP contribution is -2.33. The number of amides is 1. The Morgan fingerprint density at radius 1 is 1.18 bits per heavy atom. The summed E-state index contributed by atoms with van der Waals surface area (Å²) in [7, 11) is 1.81. The Bertz CT molecular complexity index is 1060. The third-order valence-corrected chi connectivity index (χ3v) is 6.56. The summed E-state index contributed by atoms with van der Waals surface area (Å²) >= 11 is 6.77. The zero-order chi connectivity index (χ0) is 19.8. The van der Waals surface area contributed by atoms with Crippen molar-refractivity contribution >= 4 is 39.9 Å². The van der Waals surface area contributed by atoms with Crippen molar-refractivity contribution in [3.8, 4) is 5.69 Å². The largest absolute Gasteiger partial charge is 0.296 e. The summed E-state index contributed by atoms with van der Waals surface area (Å²) in [5, 5.41) is 0. The molecule has 1 aromatic carbocycles. The molecule has 0 bridgehead atoms. The molecule has 28 heavy (non-hydrogen) atoms. The first kappa shape index (κ1) is 19.0. The number of rotatable bonds is 3. The summed E-state index contributed by atoms with van der Waals surface area (Å²) in [6, 6.07) is 9.39. The van der Waals surface area contributed by atoms with Gasteiger partial charge in [-0.25, -0.2) is 4.68 Å². The maximum absolute atomic E-state index is 13.2. The first-order valence-corrected chi connectivity index (χ1v) is 10.5. The molecule has 1 aromatic heterocycles. The topological polar surface area (TPSA) is 47.2 Å². The number of thioether (sulfide) groups is 1. The minimum absolute atomic E-state index is 0.199. The molecule has 0 unspecified atom stereocenters. The molecule has 2 heterocycles. The van der Waals surface area contributed by atoms with Crippen molar-refractivity contribution in [2.75, 3.05) is 4.90 Å². The molecule has 144 valence electrons. The van der Waals surface area contributed by atoms with E-state index in [-0.39, 0.29) is 11.5 Å². The van der Waals surface area contributed by atoms with Crippen LogP contribution in [0.2, 0.25) is 0 Å². The molecular weight excluding hydrogens is 390 g/mol. The Kier molecular flexibility index (Phi) is 5.12. The van der Waals surface area contributed by atoms with Gasteiger partial charge >= 0.3 is 0 Å². The Hall–Kier alpha value is -2.38. The maximum Gasteiger partial charge on any atom is 0.296 e. The lowest BCUT2D eigenvalue weighted by atomic mass is 9.94. The number of carbonyl (C=O) groups excluding carboxylic acids is 1. The highest BCUT2D eigenvalue weighted by atomic mass is 32.2. The van der Waals surface area contributed by atoms with E-state index in [9.17, 15) is 9.59 Å². The van der Waals surface area contributed by atoms with Gasteiger partial charge in [0.15, 0.2) is 4.32 Å². The van der Waals surface area contributed by atoms with Crippen molar-refractivity contribution in [2.24, 2.45) is 13.0 Å². The smallest absolute Gasteiger partial charge is 0.283 e. The van der Waals surface area contributed by atoms with E-state index in [4.69, 9.17) is 12.2 Å². The molecule has 4 rings (SSSR count). The second-order valence-electron chi connectivity index (χ2n) is 6.99. The molecule has 0 saturated carbocycles. The highest BCUT2D eigenvalue weighted by Crippen LogP contribution is 2.37. The zero-order valence-electron chi connectivity index (χ0n) is 15.8. The van der Waals surface area contributed by atoms with E-state index in [1.165, 1.54) is 16.7 Å². The summed E-state index contributed by atoms with van der Waals surface area (Å²) in [6.45, 7) is 1.84. The van der Waals surface area contributed by atoms with Gasteiger partial charge in [-0.3, -0.25) is 19.2 Å². The van der Waals surface area contributed by atoms with Crippen molar-refractivity contribution in [1.82, 2.24) is 9.36 Å². The predicted molar refractivity (Wildman–Crippen MR) is 118 cm³/mol. The highest BCUT2D eigenvalue weighted by Gasteiger charge is 2.38. The molecule has 1 fully saturated rings. The van der Waals surface area contributed by atoms with Crippen LogP contribution in [-0.2, 0) is 11.8 Å². The van der Waals surface area contributed by atoms with Gasteiger partial charge in [0.25, 0.3) is 11.5 Å². The second kappa shape index (κ2) is 7.56. The third-order valence-electron chi connectivity index (χ3n) is 5.24. The molecule has 1 atom stereocenters. The van der Waals surface area contributed by atoms with Gasteiger partial charge in [0, 0.05) is 7.05 Å². The Morgan fingerprint density at radius 2 is 1.93 bits per heavy atom. The summed E-state index contributed by atoms with van der Waals surface area (Å²) in [4.78, 5) is 28.4. The van der Waals surface area contributed by atoms with Gasteiger partial charge in [0.05, 0.1) is 16.3 Å².